The van der Waals surface area contributed by atoms with E-state index in [-0.39, 0.29) is 18.1 Å². The van der Waals surface area contributed by atoms with Gasteiger partial charge in [0.15, 0.2) is 0 Å². The molecule has 1 saturated carbocycles. The Morgan fingerprint density at radius 1 is 1.39 bits per heavy atom. The summed E-state index contributed by atoms with van der Waals surface area (Å²) >= 11 is 1.60. The highest BCUT2D eigenvalue weighted by Crippen LogP contribution is 2.41. The van der Waals surface area contributed by atoms with Gasteiger partial charge >= 0.3 is 6.03 Å². The summed E-state index contributed by atoms with van der Waals surface area (Å²) in [7, 11) is 1.92. The highest BCUT2D eigenvalue weighted by atomic mass is 32.1. The van der Waals surface area contributed by atoms with E-state index in [1.54, 1.807) is 17.5 Å². The first-order chi connectivity index (χ1) is 11.0. The summed E-state index contributed by atoms with van der Waals surface area (Å²) in [4.78, 5) is 16.8. The molecule has 23 heavy (non-hydrogen) atoms. The zero-order chi connectivity index (χ0) is 16.6. The van der Waals surface area contributed by atoms with Crippen molar-refractivity contribution >= 4 is 17.4 Å². The molecule has 2 aromatic rings. The van der Waals surface area contributed by atoms with Crippen LogP contribution in [0.2, 0.25) is 0 Å². The van der Waals surface area contributed by atoms with Gasteiger partial charge in [0.2, 0.25) is 0 Å². The molecular weight excluding hydrogens is 310 g/mol. The van der Waals surface area contributed by atoms with Crippen molar-refractivity contribution in [3.8, 4) is 0 Å². The first-order valence-electron chi connectivity index (χ1n) is 7.94. The van der Waals surface area contributed by atoms with Crippen molar-refractivity contribution in [1.82, 2.24) is 25.4 Å². The van der Waals surface area contributed by atoms with Crippen LogP contribution in [-0.2, 0) is 7.05 Å². The number of thiazole rings is 1. The standard InChI is InChI=1S/C16H23N5OS/c1-9(13-10(2)20-21(4)11(13)3)18-16(22)19-14(12-5-6-12)15-17-7-8-23-15/h7-9,12,14H,5-6H2,1-4H3,(H2,18,19,22)/t9-,14+/m0/s1. The van der Waals surface area contributed by atoms with Gasteiger partial charge < -0.3 is 10.6 Å². The summed E-state index contributed by atoms with van der Waals surface area (Å²) in [6.07, 6.45) is 4.10. The van der Waals surface area contributed by atoms with Gasteiger partial charge in [-0.2, -0.15) is 5.10 Å². The number of urea groups is 1. The number of aryl methyl sites for hydroxylation is 2. The predicted molar refractivity (Wildman–Crippen MR) is 90.3 cm³/mol. The molecule has 0 bridgehead atoms. The number of carbonyl (C=O) groups is 1. The average Bonchev–Trinajstić information content (AvgIpc) is 3.11. The van der Waals surface area contributed by atoms with Crippen LogP contribution in [0.4, 0.5) is 4.79 Å². The van der Waals surface area contributed by atoms with E-state index < -0.39 is 0 Å². The topological polar surface area (TPSA) is 71.8 Å². The maximum Gasteiger partial charge on any atom is 0.315 e. The van der Waals surface area contributed by atoms with Gasteiger partial charge in [0.1, 0.15) is 5.01 Å². The van der Waals surface area contributed by atoms with Crippen molar-refractivity contribution in [2.75, 3.05) is 0 Å². The summed E-state index contributed by atoms with van der Waals surface area (Å²) in [6, 6.07) is -0.203. The fourth-order valence-corrected chi connectivity index (χ4v) is 3.85. The van der Waals surface area contributed by atoms with E-state index in [4.69, 9.17) is 0 Å². The molecule has 0 unspecified atom stereocenters. The molecule has 2 heterocycles. The number of hydrogen-bond donors (Lipinski definition) is 2. The Bertz CT molecular complexity index is 690. The van der Waals surface area contributed by atoms with Crippen molar-refractivity contribution in [2.24, 2.45) is 13.0 Å². The van der Waals surface area contributed by atoms with Gasteiger partial charge in [-0.25, -0.2) is 9.78 Å². The highest BCUT2D eigenvalue weighted by molar-refractivity contribution is 7.09. The quantitative estimate of drug-likeness (QED) is 0.883. The first kappa shape index (κ1) is 16.0. The summed E-state index contributed by atoms with van der Waals surface area (Å²) in [6.45, 7) is 5.99. The first-order valence-corrected chi connectivity index (χ1v) is 8.82. The lowest BCUT2D eigenvalue weighted by atomic mass is 10.1. The molecule has 0 spiro atoms. The monoisotopic (exact) mass is 333 g/mol. The third-order valence-electron chi connectivity index (χ3n) is 4.44. The Morgan fingerprint density at radius 3 is 2.65 bits per heavy atom. The van der Waals surface area contributed by atoms with Crippen LogP contribution in [0.15, 0.2) is 11.6 Å². The lowest BCUT2D eigenvalue weighted by Crippen LogP contribution is -2.40. The van der Waals surface area contributed by atoms with Gasteiger partial charge in [-0.1, -0.05) is 0 Å². The van der Waals surface area contributed by atoms with E-state index >= 15 is 0 Å². The van der Waals surface area contributed by atoms with Gasteiger partial charge in [0.25, 0.3) is 0 Å². The number of aromatic nitrogens is 3. The van der Waals surface area contributed by atoms with Gasteiger partial charge in [-0.15, -0.1) is 11.3 Å². The molecule has 0 aliphatic heterocycles. The Labute approximate surface area is 140 Å². The molecule has 2 N–H and O–H groups in total. The van der Waals surface area contributed by atoms with Crippen molar-refractivity contribution in [3.05, 3.63) is 33.5 Å². The molecule has 2 aromatic heterocycles. The van der Waals surface area contributed by atoms with E-state index in [0.717, 1.165) is 34.8 Å². The number of hydrogen-bond acceptors (Lipinski definition) is 4. The highest BCUT2D eigenvalue weighted by Gasteiger charge is 2.35. The molecule has 0 saturated heterocycles. The average molecular weight is 333 g/mol. The Hall–Kier alpha value is -1.89. The number of rotatable bonds is 5. The van der Waals surface area contributed by atoms with Crippen molar-refractivity contribution in [3.63, 3.8) is 0 Å². The van der Waals surface area contributed by atoms with Gasteiger partial charge in [-0.3, -0.25) is 4.68 Å². The Kier molecular flexibility index (Phi) is 4.39. The number of nitrogens with zero attached hydrogens (tertiary/aromatic N) is 3. The molecule has 1 fully saturated rings. The third kappa shape index (κ3) is 3.39. The summed E-state index contributed by atoms with van der Waals surface area (Å²) in [5.74, 6) is 0.518. The molecule has 7 heteroatoms. The lowest BCUT2D eigenvalue weighted by Gasteiger charge is -2.20. The SMILES string of the molecule is Cc1nn(C)c(C)c1[C@H](C)NC(=O)N[C@@H](c1nccs1)C1CC1. The van der Waals surface area contributed by atoms with Gasteiger partial charge in [0.05, 0.1) is 17.8 Å². The maximum absolute atomic E-state index is 12.4. The Balaban J connectivity index is 1.66. The van der Waals surface area contributed by atoms with Crippen molar-refractivity contribution < 1.29 is 4.79 Å². The second kappa shape index (κ2) is 6.31. The fraction of sp³-hybridized carbons (Fsp3) is 0.562. The van der Waals surface area contributed by atoms with Crippen LogP contribution < -0.4 is 10.6 Å². The van der Waals surface area contributed by atoms with Crippen LogP contribution >= 0.6 is 11.3 Å². The van der Waals surface area contributed by atoms with E-state index in [9.17, 15) is 4.79 Å². The van der Waals surface area contributed by atoms with E-state index in [0.29, 0.717) is 5.92 Å². The molecule has 1 aliphatic carbocycles. The minimum Gasteiger partial charge on any atom is -0.331 e. The molecular formula is C16H23N5OS. The van der Waals surface area contributed by atoms with E-state index in [1.165, 1.54) is 0 Å². The van der Waals surface area contributed by atoms with Crippen molar-refractivity contribution in [1.29, 1.82) is 0 Å². The van der Waals surface area contributed by atoms with Gasteiger partial charge in [0, 0.05) is 29.9 Å². The molecule has 1 aliphatic rings. The third-order valence-corrected chi connectivity index (χ3v) is 5.30. The van der Waals surface area contributed by atoms with Crippen LogP contribution in [0.3, 0.4) is 0 Å². The van der Waals surface area contributed by atoms with E-state index in [2.05, 4.69) is 20.7 Å². The summed E-state index contributed by atoms with van der Waals surface area (Å²) in [5, 5.41) is 13.5. The number of amides is 2. The molecule has 0 aromatic carbocycles. The molecule has 3 rings (SSSR count). The Morgan fingerprint density at radius 2 is 2.13 bits per heavy atom. The van der Waals surface area contributed by atoms with Crippen LogP contribution in [0.1, 0.15) is 53.8 Å². The largest absolute Gasteiger partial charge is 0.331 e. The van der Waals surface area contributed by atoms with E-state index in [1.807, 2.05) is 37.9 Å². The maximum atomic E-state index is 12.4. The lowest BCUT2D eigenvalue weighted by molar-refractivity contribution is 0.232. The number of carbonyl (C=O) groups excluding carboxylic acids is 1. The smallest absolute Gasteiger partial charge is 0.315 e. The zero-order valence-corrected chi connectivity index (χ0v) is 14.8. The molecule has 2 amide bonds. The van der Waals surface area contributed by atoms with Crippen molar-refractivity contribution in [2.45, 2.75) is 45.7 Å². The molecule has 2 atom stereocenters. The predicted octanol–water partition coefficient (Wildman–Crippen LogP) is 3.00. The zero-order valence-electron chi connectivity index (χ0n) is 14.0. The fourth-order valence-electron chi connectivity index (χ4n) is 3.07. The van der Waals surface area contributed by atoms with Crippen LogP contribution in [-0.4, -0.2) is 20.8 Å². The normalized spacial score (nSPS) is 16.9. The second-order valence-corrected chi connectivity index (χ2v) is 7.16. The van der Waals surface area contributed by atoms with Crippen LogP contribution in [0, 0.1) is 19.8 Å². The minimum atomic E-state index is -0.146. The van der Waals surface area contributed by atoms with Crippen LogP contribution in [0.5, 0.6) is 0 Å². The van der Waals surface area contributed by atoms with Gasteiger partial charge in [-0.05, 0) is 39.5 Å². The minimum absolute atomic E-state index is 0.0262. The summed E-state index contributed by atoms with van der Waals surface area (Å²) < 4.78 is 1.85. The summed E-state index contributed by atoms with van der Waals surface area (Å²) in [5.41, 5.74) is 3.12. The second-order valence-electron chi connectivity index (χ2n) is 6.23. The molecule has 0 radical (unpaired) electrons. The number of nitrogens with one attached hydrogen (secondary N) is 2. The molecule has 124 valence electrons. The molecule has 6 nitrogen and oxygen atoms in total. The van der Waals surface area contributed by atoms with Crippen LogP contribution in [0.25, 0.3) is 0 Å².